The van der Waals surface area contributed by atoms with Gasteiger partial charge in [-0.1, -0.05) is 0 Å². The average Bonchev–Trinajstić information content (AvgIpc) is 2.26. The summed E-state index contributed by atoms with van der Waals surface area (Å²) in [7, 11) is 1.53. The van der Waals surface area contributed by atoms with Crippen molar-refractivity contribution in [1.82, 2.24) is 5.48 Å². The Bertz CT molecular complexity index is 368. The maximum atomic E-state index is 10.4. The third-order valence-corrected chi connectivity index (χ3v) is 1.87. The molecule has 0 fully saturated rings. The molecule has 0 saturated heterocycles. The molecule has 1 aromatic carbocycles. The molecular formula is C10H14N2O4. The van der Waals surface area contributed by atoms with E-state index in [1.54, 1.807) is 12.1 Å². The van der Waals surface area contributed by atoms with Crippen LogP contribution in [0.2, 0.25) is 0 Å². The zero-order valence-electron chi connectivity index (χ0n) is 8.90. The summed E-state index contributed by atoms with van der Waals surface area (Å²) in [5.41, 5.74) is 7.98. The topological polar surface area (TPSA) is 93.8 Å². The summed E-state index contributed by atoms with van der Waals surface area (Å²) in [4.78, 5) is 15.1. The fourth-order valence-corrected chi connectivity index (χ4v) is 1.08. The lowest BCUT2D eigenvalue weighted by Crippen LogP contribution is -2.24. The molecule has 0 unspecified atom stereocenters. The second kappa shape index (κ2) is 5.94. The summed E-state index contributed by atoms with van der Waals surface area (Å²) in [5.74, 6) is 0.183. The summed E-state index contributed by atoms with van der Waals surface area (Å²) in [5, 5.41) is 9.50. The number of nitrogens with one attached hydrogen (secondary N) is 1. The number of methoxy groups -OCH3 is 1. The Kier molecular flexibility index (Phi) is 4.56. The predicted octanol–water partition coefficient (Wildman–Crippen LogP) is -0.0927. The quantitative estimate of drug-likeness (QED) is 0.465. The van der Waals surface area contributed by atoms with Crippen LogP contribution in [0, 0.1) is 0 Å². The largest absolute Gasteiger partial charge is 0.508 e. The van der Waals surface area contributed by atoms with Gasteiger partial charge in [-0.15, -0.1) is 0 Å². The van der Waals surface area contributed by atoms with Gasteiger partial charge < -0.3 is 15.6 Å². The first kappa shape index (κ1) is 12.3. The van der Waals surface area contributed by atoms with E-state index in [9.17, 15) is 9.90 Å². The van der Waals surface area contributed by atoms with Crippen molar-refractivity contribution >= 4 is 5.91 Å². The molecule has 0 aliphatic rings. The molecule has 1 rings (SSSR count). The van der Waals surface area contributed by atoms with E-state index >= 15 is 0 Å². The highest BCUT2D eigenvalue weighted by atomic mass is 16.6. The summed E-state index contributed by atoms with van der Waals surface area (Å²) in [6.45, 7) is 0.0288. The number of rotatable bonds is 6. The number of carbonyl (C=O) groups excluding carboxylic acids is 1. The van der Waals surface area contributed by atoms with Crippen molar-refractivity contribution in [2.24, 2.45) is 5.73 Å². The molecule has 0 atom stereocenters. The van der Waals surface area contributed by atoms with E-state index in [0.29, 0.717) is 11.3 Å². The molecule has 0 aromatic heterocycles. The number of hydrogen-bond acceptors (Lipinski definition) is 5. The van der Waals surface area contributed by atoms with Crippen LogP contribution in [-0.4, -0.2) is 24.7 Å². The Labute approximate surface area is 92.9 Å². The fourth-order valence-electron chi connectivity index (χ4n) is 1.08. The smallest absolute Gasteiger partial charge is 0.245 e. The van der Waals surface area contributed by atoms with Crippen LogP contribution in [0.15, 0.2) is 18.2 Å². The molecule has 16 heavy (non-hydrogen) atoms. The maximum absolute atomic E-state index is 10.4. The highest BCUT2D eigenvalue weighted by Gasteiger charge is 2.03. The first-order valence-corrected chi connectivity index (χ1v) is 4.62. The molecule has 0 radical (unpaired) electrons. The van der Waals surface area contributed by atoms with Crippen LogP contribution in [0.25, 0.3) is 0 Å². The third kappa shape index (κ3) is 3.76. The summed E-state index contributed by atoms with van der Waals surface area (Å²) in [6.07, 6.45) is 0. The van der Waals surface area contributed by atoms with Crippen LogP contribution in [-0.2, 0) is 16.2 Å². The van der Waals surface area contributed by atoms with Crippen LogP contribution in [0.3, 0.4) is 0 Å². The van der Waals surface area contributed by atoms with E-state index in [1.165, 1.54) is 13.2 Å². The summed E-state index contributed by atoms with van der Waals surface area (Å²) < 4.78 is 5.00. The van der Waals surface area contributed by atoms with E-state index in [1.807, 2.05) is 0 Å². The van der Waals surface area contributed by atoms with Crippen molar-refractivity contribution in [3.05, 3.63) is 23.8 Å². The number of aromatic hydroxyl groups is 1. The standard InChI is InChI=1S/C10H14N2O4/c1-15-8-2-3-9(13)7(4-8)5-12-16-6-10(11)14/h2-4,12-13H,5-6H2,1H3,(H2,11,14). The minimum Gasteiger partial charge on any atom is -0.508 e. The highest BCUT2D eigenvalue weighted by molar-refractivity contribution is 5.74. The summed E-state index contributed by atoms with van der Waals surface area (Å²) >= 11 is 0. The SMILES string of the molecule is COc1ccc(O)c(CNOCC(N)=O)c1. The van der Waals surface area contributed by atoms with Gasteiger partial charge in [0.2, 0.25) is 5.91 Å². The van der Waals surface area contributed by atoms with Gasteiger partial charge in [0.15, 0.2) is 0 Å². The number of phenols is 1. The van der Waals surface area contributed by atoms with E-state index < -0.39 is 5.91 Å². The van der Waals surface area contributed by atoms with Gasteiger partial charge in [-0.3, -0.25) is 9.63 Å². The number of hydroxylamine groups is 1. The van der Waals surface area contributed by atoms with E-state index in [-0.39, 0.29) is 18.9 Å². The molecule has 0 aliphatic heterocycles. The number of phenolic OH excluding ortho intramolecular Hbond substituents is 1. The van der Waals surface area contributed by atoms with Crippen LogP contribution in [0.4, 0.5) is 0 Å². The van der Waals surface area contributed by atoms with Crippen molar-refractivity contribution in [2.45, 2.75) is 6.54 Å². The van der Waals surface area contributed by atoms with Gasteiger partial charge >= 0.3 is 0 Å². The Morgan fingerprint density at radius 2 is 2.31 bits per heavy atom. The Morgan fingerprint density at radius 3 is 2.94 bits per heavy atom. The molecular weight excluding hydrogens is 212 g/mol. The molecule has 0 saturated carbocycles. The van der Waals surface area contributed by atoms with Gasteiger partial charge in [0.05, 0.1) is 7.11 Å². The summed E-state index contributed by atoms with van der Waals surface area (Å²) in [6, 6.07) is 4.82. The van der Waals surface area contributed by atoms with Crippen LogP contribution >= 0.6 is 0 Å². The van der Waals surface area contributed by atoms with Gasteiger partial charge in [0.1, 0.15) is 18.1 Å². The average molecular weight is 226 g/mol. The van der Waals surface area contributed by atoms with Crippen molar-refractivity contribution in [3.63, 3.8) is 0 Å². The number of ether oxygens (including phenoxy) is 1. The Balaban J connectivity index is 2.49. The van der Waals surface area contributed by atoms with Crippen molar-refractivity contribution in [3.8, 4) is 11.5 Å². The van der Waals surface area contributed by atoms with Gasteiger partial charge in [-0.2, -0.15) is 5.48 Å². The van der Waals surface area contributed by atoms with Crippen LogP contribution in [0.1, 0.15) is 5.56 Å². The van der Waals surface area contributed by atoms with Gasteiger partial charge in [-0.05, 0) is 18.2 Å². The number of hydrogen-bond donors (Lipinski definition) is 3. The van der Waals surface area contributed by atoms with Crippen molar-refractivity contribution in [2.75, 3.05) is 13.7 Å². The number of benzene rings is 1. The first-order chi connectivity index (χ1) is 7.63. The monoisotopic (exact) mass is 226 g/mol. The minimum atomic E-state index is -0.567. The predicted molar refractivity (Wildman–Crippen MR) is 56.6 cm³/mol. The second-order valence-electron chi connectivity index (χ2n) is 3.07. The Hall–Kier alpha value is -1.79. The normalized spacial score (nSPS) is 10.1. The highest BCUT2D eigenvalue weighted by Crippen LogP contribution is 2.22. The van der Waals surface area contributed by atoms with E-state index in [2.05, 4.69) is 5.48 Å². The molecule has 1 aromatic rings. The third-order valence-electron chi connectivity index (χ3n) is 1.87. The number of nitrogens with two attached hydrogens (primary N) is 1. The zero-order chi connectivity index (χ0) is 12.0. The van der Waals surface area contributed by atoms with Crippen molar-refractivity contribution < 1.29 is 19.5 Å². The van der Waals surface area contributed by atoms with E-state index in [0.717, 1.165) is 0 Å². The molecule has 1 amide bonds. The molecule has 0 bridgehead atoms. The molecule has 0 heterocycles. The number of carbonyl (C=O) groups is 1. The molecule has 88 valence electrons. The van der Waals surface area contributed by atoms with Gasteiger partial charge in [0, 0.05) is 12.1 Å². The Morgan fingerprint density at radius 1 is 1.56 bits per heavy atom. The maximum Gasteiger partial charge on any atom is 0.245 e. The minimum absolute atomic E-state index is 0.121. The van der Waals surface area contributed by atoms with Gasteiger partial charge in [0.25, 0.3) is 0 Å². The zero-order valence-corrected chi connectivity index (χ0v) is 8.90. The molecule has 6 heteroatoms. The molecule has 0 spiro atoms. The fraction of sp³-hybridized carbons (Fsp3) is 0.300. The van der Waals surface area contributed by atoms with Crippen molar-refractivity contribution in [1.29, 1.82) is 0 Å². The molecule has 6 nitrogen and oxygen atoms in total. The lowest BCUT2D eigenvalue weighted by atomic mass is 10.2. The van der Waals surface area contributed by atoms with Gasteiger partial charge in [-0.25, -0.2) is 0 Å². The molecule has 4 N–H and O–H groups in total. The van der Waals surface area contributed by atoms with Crippen LogP contribution in [0.5, 0.6) is 11.5 Å². The van der Waals surface area contributed by atoms with Crippen LogP contribution < -0.4 is 16.0 Å². The number of amides is 1. The molecule has 0 aliphatic carbocycles. The first-order valence-electron chi connectivity index (χ1n) is 4.62. The lowest BCUT2D eigenvalue weighted by molar-refractivity contribution is -0.125. The lowest BCUT2D eigenvalue weighted by Gasteiger charge is -2.08. The number of primary amides is 1. The second-order valence-corrected chi connectivity index (χ2v) is 3.07. The van der Waals surface area contributed by atoms with E-state index in [4.69, 9.17) is 15.3 Å².